The monoisotopic (exact) mass is 158 g/mol. The zero-order valence-corrected chi connectivity index (χ0v) is 7.63. The second-order valence-electron chi connectivity index (χ2n) is 1.26. The smallest absolute Gasteiger partial charge is 0.121 e. The molecule has 0 radical (unpaired) electrons. The molecule has 0 saturated carbocycles. The van der Waals surface area contributed by atoms with Crippen molar-refractivity contribution in [2.45, 2.75) is 5.67 Å². The van der Waals surface area contributed by atoms with E-state index in [2.05, 4.69) is 19.4 Å². The van der Waals surface area contributed by atoms with Gasteiger partial charge in [0.25, 0.3) is 0 Å². The van der Waals surface area contributed by atoms with Crippen molar-refractivity contribution < 1.29 is 0 Å². The lowest BCUT2D eigenvalue weighted by Crippen LogP contribution is -1.88. The SMILES string of the molecule is [N-]=[N+]=N[SiH2]C[SiH2]N=[N+]=[N-]. The summed E-state index contributed by atoms with van der Waals surface area (Å²) in [6, 6.07) is 0. The van der Waals surface area contributed by atoms with Crippen molar-refractivity contribution in [1.82, 2.24) is 0 Å². The van der Waals surface area contributed by atoms with Gasteiger partial charge in [0, 0.05) is 0 Å². The van der Waals surface area contributed by atoms with Crippen molar-refractivity contribution in [2.24, 2.45) is 9.56 Å². The minimum absolute atomic E-state index is 0.604. The molecule has 0 spiro atoms. The van der Waals surface area contributed by atoms with Crippen molar-refractivity contribution >= 4 is 19.4 Å². The largest absolute Gasteiger partial charge is 0.132 e. The predicted molar refractivity (Wildman–Crippen MR) is 40.2 cm³/mol. The van der Waals surface area contributed by atoms with E-state index in [1.54, 1.807) is 0 Å². The first-order valence-electron chi connectivity index (χ1n) is 2.43. The maximum absolute atomic E-state index is 7.83. The van der Waals surface area contributed by atoms with E-state index < -0.39 is 19.4 Å². The molecule has 8 heteroatoms. The van der Waals surface area contributed by atoms with Crippen LogP contribution in [0.2, 0.25) is 5.67 Å². The van der Waals surface area contributed by atoms with Crippen LogP contribution in [0, 0.1) is 0 Å². The maximum Gasteiger partial charge on any atom is 0.121 e. The molecule has 0 amide bonds. The molecule has 0 heterocycles. The maximum atomic E-state index is 7.83. The number of nitrogens with zero attached hydrogens (tertiary/aromatic N) is 6. The van der Waals surface area contributed by atoms with E-state index in [-0.39, 0.29) is 0 Å². The minimum atomic E-state index is -0.604. The molecule has 0 saturated heterocycles. The summed E-state index contributed by atoms with van der Waals surface area (Å²) in [7, 11) is -1.21. The number of hydrogen-bond donors (Lipinski definition) is 0. The molecule has 0 unspecified atom stereocenters. The average molecular weight is 158 g/mol. The number of hydrogen-bond acceptors (Lipinski definition) is 2. The van der Waals surface area contributed by atoms with Gasteiger partial charge < -0.3 is 0 Å². The number of azide groups is 2. The normalized spacial score (nSPS) is 9.78. The first-order chi connectivity index (χ1) is 4.41. The fourth-order valence-electron chi connectivity index (χ4n) is 0.302. The van der Waals surface area contributed by atoms with Crippen LogP contribution in [0.1, 0.15) is 0 Å². The van der Waals surface area contributed by atoms with E-state index in [1.165, 1.54) is 0 Å². The van der Waals surface area contributed by atoms with Crippen LogP contribution in [-0.2, 0) is 0 Å². The van der Waals surface area contributed by atoms with Gasteiger partial charge in [-0.25, -0.2) is 0 Å². The predicted octanol–water partition coefficient (Wildman–Crippen LogP) is 0.150. The van der Waals surface area contributed by atoms with Gasteiger partial charge in [-0.05, 0) is 20.9 Å². The summed E-state index contributed by atoms with van der Waals surface area (Å²) >= 11 is 0. The molecule has 0 aromatic rings. The molecule has 0 rings (SSSR count). The molecule has 0 bridgehead atoms. The van der Waals surface area contributed by atoms with Gasteiger partial charge in [0.1, 0.15) is 19.4 Å². The van der Waals surface area contributed by atoms with Crippen molar-refractivity contribution in [3.8, 4) is 0 Å². The fourth-order valence-corrected chi connectivity index (χ4v) is 2.18. The lowest BCUT2D eigenvalue weighted by atomic mass is 11.9. The van der Waals surface area contributed by atoms with Crippen LogP contribution < -0.4 is 0 Å². The van der Waals surface area contributed by atoms with Gasteiger partial charge in [-0.2, -0.15) is 0 Å². The Morgan fingerprint density at radius 3 is 1.89 bits per heavy atom. The Morgan fingerprint density at radius 2 is 1.56 bits per heavy atom. The van der Waals surface area contributed by atoms with Crippen molar-refractivity contribution in [1.29, 1.82) is 0 Å². The van der Waals surface area contributed by atoms with Crippen LogP contribution in [0.3, 0.4) is 0 Å². The van der Waals surface area contributed by atoms with Crippen molar-refractivity contribution in [2.75, 3.05) is 0 Å². The highest BCUT2D eigenvalue weighted by atomic mass is 28.3. The topological polar surface area (TPSA) is 97.5 Å². The molecule has 0 N–H and O–H groups in total. The molecular weight excluding hydrogens is 152 g/mol. The third kappa shape index (κ3) is 7.05. The molecule has 0 aliphatic heterocycles. The van der Waals surface area contributed by atoms with Gasteiger partial charge in [-0.3, -0.25) is 0 Å². The van der Waals surface area contributed by atoms with Crippen molar-refractivity contribution in [3.63, 3.8) is 0 Å². The highest BCUT2D eigenvalue weighted by Gasteiger charge is 1.81. The Bertz CT molecular complexity index is 134. The summed E-state index contributed by atoms with van der Waals surface area (Å²) < 4.78 is 6.83. The van der Waals surface area contributed by atoms with Gasteiger partial charge in [-0.1, -0.05) is 5.67 Å². The van der Waals surface area contributed by atoms with Gasteiger partial charge in [0.15, 0.2) is 0 Å². The van der Waals surface area contributed by atoms with Crippen molar-refractivity contribution in [3.05, 3.63) is 20.9 Å². The van der Waals surface area contributed by atoms with Crippen LogP contribution in [0.15, 0.2) is 9.56 Å². The van der Waals surface area contributed by atoms with E-state index in [0.29, 0.717) is 0 Å². The Morgan fingerprint density at radius 1 is 1.11 bits per heavy atom. The lowest BCUT2D eigenvalue weighted by molar-refractivity contribution is 1.63. The Kier molecular flexibility index (Phi) is 6.31. The van der Waals surface area contributed by atoms with Gasteiger partial charge in [0.2, 0.25) is 0 Å². The lowest BCUT2D eigenvalue weighted by Gasteiger charge is -1.79. The summed E-state index contributed by atoms with van der Waals surface area (Å²) in [6.45, 7) is 0. The van der Waals surface area contributed by atoms with E-state index in [4.69, 9.17) is 11.1 Å². The molecule has 0 atom stereocenters. The average Bonchev–Trinajstić information content (AvgIpc) is 1.89. The Hall–Kier alpha value is -0.946. The van der Waals surface area contributed by atoms with Crippen LogP contribution >= 0.6 is 0 Å². The highest BCUT2D eigenvalue weighted by molar-refractivity contribution is 6.53. The van der Waals surface area contributed by atoms with Crippen LogP contribution in [0.25, 0.3) is 20.9 Å². The quantitative estimate of drug-likeness (QED) is 0.183. The molecule has 6 nitrogen and oxygen atoms in total. The third-order valence-electron chi connectivity index (χ3n) is 0.643. The summed E-state index contributed by atoms with van der Waals surface area (Å²) in [5, 5.41) is 0. The van der Waals surface area contributed by atoms with Gasteiger partial charge >= 0.3 is 0 Å². The van der Waals surface area contributed by atoms with Gasteiger partial charge in [0.05, 0.1) is 0 Å². The summed E-state index contributed by atoms with van der Waals surface area (Å²) in [5.74, 6) is 0. The molecule has 0 aliphatic carbocycles. The second-order valence-corrected chi connectivity index (χ2v) is 5.55. The van der Waals surface area contributed by atoms with Crippen LogP contribution in [0.5, 0.6) is 0 Å². The summed E-state index contributed by atoms with van der Waals surface area (Å²) in [4.78, 5) is 5.21. The third-order valence-corrected chi connectivity index (χ3v) is 3.83. The first kappa shape index (κ1) is 8.05. The summed E-state index contributed by atoms with van der Waals surface area (Å²) in [5.41, 5.74) is 16.6. The van der Waals surface area contributed by atoms with Crippen LogP contribution in [0.4, 0.5) is 0 Å². The molecule has 0 aromatic carbocycles. The standard InChI is InChI=1S/CH6N6Si2/c2-4-6-8-1-9-7-5-3/h1,8-9H2. The van der Waals surface area contributed by atoms with Crippen LogP contribution in [-0.4, -0.2) is 19.4 Å². The van der Waals surface area contributed by atoms with E-state index in [1.807, 2.05) is 0 Å². The fraction of sp³-hybridized carbons (Fsp3) is 1.00. The zero-order chi connectivity index (χ0) is 6.95. The van der Waals surface area contributed by atoms with E-state index >= 15 is 0 Å². The van der Waals surface area contributed by atoms with Gasteiger partial charge in [-0.15, -0.1) is 9.56 Å². The zero-order valence-electron chi connectivity index (χ0n) is 4.80. The van der Waals surface area contributed by atoms with E-state index in [9.17, 15) is 0 Å². The Balaban J connectivity index is 3.09. The minimum Gasteiger partial charge on any atom is -0.132 e. The molecule has 0 aliphatic rings. The second kappa shape index (κ2) is 7.05. The number of rotatable bonds is 4. The summed E-state index contributed by atoms with van der Waals surface area (Å²) in [6.07, 6.45) is 0. The first-order valence-corrected chi connectivity index (χ1v) is 5.70. The van der Waals surface area contributed by atoms with E-state index in [0.717, 1.165) is 5.67 Å². The molecular formula is CH6N6Si2. The molecule has 0 fully saturated rings. The molecule has 0 aromatic heterocycles. The highest BCUT2D eigenvalue weighted by Crippen LogP contribution is 1.78. The molecule has 9 heavy (non-hydrogen) atoms. The molecule has 48 valence electrons. The Labute approximate surface area is 56.3 Å².